The number of aromatic nitrogens is 4. The van der Waals surface area contributed by atoms with Gasteiger partial charge in [0, 0.05) is 11.6 Å². The fourth-order valence-corrected chi connectivity index (χ4v) is 4.23. The Morgan fingerprint density at radius 3 is 2.61 bits per heavy atom. The Balaban J connectivity index is 1.58. The number of nitrogens with zero attached hydrogens (tertiary/aromatic N) is 5. The first-order chi connectivity index (χ1) is 17.4. The van der Waals surface area contributed by atoms with Crippen LogP contribution in [0.25, 0.3) is 11.4 Å². The summed E-state index contributed by atoms with van der Waals surface area (Å²) < 4.78 is 10.6. The first-order valence-electron chi connectivity index (χ1n) is 12.1. The molecule has 2 amide bonds. The van der Waals surface area contributed by atoms with E-state index in [1.807, 2.05) is 31.2 Å². The highest BCUT2D eigenvalue weighted by Gasteiger charge is 2.36. The van der Waals surface area contributed by atoms with E-state index in [0.29, 0.717) is 5.82 Å². The van der Waals surface area contributed by atoms with Gasteiger partial charge in [-0.1, -0.05) is 42.7 Å². The molecule has 1 unspecified atom stereocenters. The van der Waals surface area contributed by atoms with Gasteiger partial charge in [-0.15, -0.1) is 10.2 Å². The highest BCUT2D eigenvalue weighted by Crippen LogP contribution is 2.25. The molecule has 11 nitrogen and oxygen atoms in total. The lowest BCUT2D eigenvalue weighted by molar-refractivity contribution is -0.153. The average Bonchev–Trinajstić information content (AvgIpc) is 3.63. The van der Waals surface area contributed by atoms with Crippen molar-refractivity contribution < 1.29 is 23.5 Å². The second kappa shape index (κ2) is 11.6. The van der Waals surface area contributed by atoms with Crippen molar-refractivity contribution in [3.05, 3.63) is 54.0 Å². The van der Waals surface area contributed by atoms with Crippen molar-refractivity contribution in [3.63, 3.8) is 0 Å². The van der Waals surface area contributed by atoms with E-state index in [0.717, 1.165) is 46.5 Å². The van der Waals surface area contributed by atoms with Crippen LogP contribution in [0, 0.1) is 6.92 Å². The number of benzene rings is 1. The number of ether oxygens (including phenoxy) is 1. The van der Waals surface area contributed by atoms with Crippen LogP contribution in [-0.2, 0) is 25.7 Å². The summed E-state index contributed by atoms with van der Waals surface area (Å²) in [7, 11) is 0. The van der Waals surface area contributed by atoms with Crippen LogP contribution < -0.4 is 5.32 Å². The van der Waals surface area contributed by atoms with Crippen LogP contribution in [0.4, 0.5) is 0 Å². The molecule has 2 aromatic heterocycles. The largest absolute Gasteiger partial charge is 0.467 e. The molecule has 0 saturated heterocycles. The Labute approximate surface area is 208 Å². The first-order valence-corrected chi connectivity index (χ1v) is 12.1. The van der Waals surface area contributed by atoms with Crippen LogP contribution in [0.2, 0.25) is 0 Å². The van der Waals surface area contributed by atoms with Gasteiger partial charge in [-0.3, -0.25) is 14.4 Å². The summed E-state index contributed by atoms with van der Waals surface area (Å²) in [6, 6.07) is 9.69. The summed E-state index contributed by atoms with van der Waals surface area (Å²) in [5, 5.41) is 15.3. The fraction of sp³-hybridized carbons (Fsp3) is 0.440. The van der Waals surface area contributed by atoms with Crippen molar-refractivity contribution in [3.8, 4) is 11.4 Å². The minimum Gasteiger partial charge on any atom is -0.467 e. The minimum absolute atomic E-state index is 0.0172. The number of carbonyl (C=O) groups excluding carboxylic acids is 3. The molecule has 2 heterocycles. The molecule has 0 spiro atoms. The lowest BCUT2D eigenvalue weighted by Gasteiger charge is -2.29. The normalized spacial score (nSPS) is 14.4. The van der Waals surface area contributed by atoms with Crippen LogP contribution in [0.1, 0.15) is 50.0 Å². The number of rotatable bonds is 10. The van der Waals surface area contributed by atoms with Crippen molar-refractivity contribution in [2.75, 3.05) is 13.2 Å². The van der Waals surface area contributed by atoms with E-state index in [4.69, 9.17) is 9.15 Å². The third-order valence-electron chi connectivity index (χ3n) is 6.04. The molecule has 0 bridgehead atoms. The van der Waals surface area contributed by atoms with Crippen molar-refractivity contribution in [1.82, 2.24) is 30.4 Å². The van der Waals surface area contributed by atoms with E-state index in [-0.39, 0.29) is 25.0 Å². The Kier molecular flexibility index (Phi) is 8.09. The Hall–Kier alpha value is -4.02. The molecule has 1 aliphatic carbocycles. The molecule has 3 aromatic rings. The molecular weight excluding hydrogens is 464 g/mol. The zero-order chi connectivity index (χ0) is 25.5. The second-order valence-electron chi connectivity index (χ2n) is 8.74. The Bertz CT molecular complexity index is 1170. The number of carbonyl (C=O) groups is 3. The Morgan fingerprint density at radius 2 is 1.94 bits per heavy atom. The summed E-state index contributed by atoms with van der Waals surface area (Å²) in [6.07, 6.45) is 5.22. The third-order valence-corrected chi connectivity index (χ3v) is 6.04. The summed E-state index contributed by atoms with van der Waals surface area (Å²) in [6.45, 7) is 3.03. The van der Waals surface area contributed by atoms with Gasteiger partial charge >= 0.3 is 5.97 Å². The van der Waals surface area contributed by atoms with Crippen molar-refractivity contribution >= 4 is 17.8 Å². The zero-order valence-corrected chi connectivity index (χ0v) is 20.4. The van der Waals surface area contributed by atoms with E-state index >= 15 is 0 Å². The second-order valence-corrected chi connectivity index (χ2v) is 8.74. The minimum atomic E-state index is -1.16. The maximum Gasteiger partial charge on any atom is 0.325 e. The summed E-state index contributed by atoms with van der Waals surface area (Å²) in [4.78, 5) is 41.6. The molecule has 0 aliphatic heterocycles. The van der Waals surface area contributed by atoms with Crippen LogP contribution in [0.15, 0.2) is 47.1 Å². The summed E-state index contributed by atoms with van der Waals surface area (Å²) in [5.41, 5.74) is 1.85. The molecule has 36 heavy (non-hydrogen) atoms. The average molecular weight is 495 g/mol. The monoisotopic (exact) mass is 494 g/mol. The quantitative estimate of drug-likeness (QED) is 0.425. The number of amides is 2. The lowest BCUT2D eigenvalue weighted by atomic mass is 10.1. The Morgan fingerprint density at radius 1 is 1.19 bits per heavy atom. The maximum atomic E-state index is 13.5. The lowest BCUT2D eigenvalue weighted by Crippen LogP contribution is -2.49. The van der Waals surface area contributed by atoms with Gasteiger partial charge in [0.2, 0.25) is 11.7 Å². The van der Waals surface area contributed by atoms with Crippen LogP contribution in [0.3, 0.4) is 0 Å². The maximum absolute atomic E-state index is 13.5. The van der Waals surface area contributed by atoms with Gasteiger partial charge < -0.3 is 19.4 Å². The predicted molar refractivity (Wildman–Crippen MR) is 128 cm³/mol. The van der Waals surface area contributed by atoms with E-state index in [1.165, 1.54) is 6.26 Å². The van der Waals surface area contributed by atoms with Crippen LogP contribution in [0.5, 0.6) is 0 Å². The fourth-order valence-electron chi connectivity index (χ4n) is 4.23. The number of hydrogen-bond donors (Lipinski definition) is 1. The van der Waals surface area contributed by atoms with Crippen molar-refractivity contribution in [2.24, 2.45) is 0 Å². The summed E-state index contributed by atoms with van der Waals surface area (Å²) >= 11 is 0. The molecule has 1 saturated carbocycles. The van der Waals surface area contributed by atoms with Gasteiger partial charge in [-0.25, -0.2) is 0 Å². The summed E-state index contributed by atoms with van der Waals surface area (Å²) in [5.74, 6) is -1.00. The molecule has 0 radical (unpaired) electrons. The standard InChI is InChI=1S/C25H30N6O5/c1-3-35-22(33)16-30(23(20-9-6-14-36-20)25(34)26-19-7-4-5-8-19)21(32)15-31-28-24(27-29-31)18-12-10-17(2)11-13-18/h6,9-14,19,23H,3-5,7-8,15-16H2,1-2H3,(H,26,34). The van der Waals surface area contributed by atoms with Gasteiger partial charge in [-0.2, -0.15) is 4.80 Å². The first kappa shape index (κ1) is 25.1. The molecule has 190 valence electrons. The SMILES string of the molecule is CCOC(=O)CN(C(=O)Cn1nnc(-c2ccc(C)cc2)n1)C(C(=O)NC1CCCC1)c1ccco1. The van der Waals surface area contributed by atoms with Gasteiger partial charge in [0.1, 0.15) is 18.8 Å². The van der Waals surface area contributed by atoms with E-state index in [9.17, 15) is 14.4 Å². The van der Waals surface area contributed by atoms with Crippen molar-refractivity contribution in [1.29, 1.82) is 0 Å². The number of esters is 1. The van der Waals surface area contributed by atoms with Gasteiger partial charge in [0.15, 0.2) is 6.04 Å². The molecule has 4 rings (SSSR count). The topological polar surface area (TPSA) is 132 Å². The third kappa shape index (κ3) is 6.15. The van der Waals surface area contributed by atoms with Crippen LogP contribution in [-0.4, -0.2) is 62.1 Å². The molecule has 1 atom stereocenters. The number of furan rings is 1. The van der Waals surface area contributed by atoms with E-state index in [2.05, 4.69) is 20.7 Å². The highest BCUT2D eigenvalue weighted by atomic mass is 16.5. The molecule has 1 aliphatic rings. The molecule has 1 aromatic carbocycles. The number of aryl methyl sites for hydroxylation is 1. The molecule has 1 fully saturated rings. The molecule has 1 N–H and O–H groups in total. The van der Waals surface area contributed by atoms with E-state index < -0.39 is 30.4 Å². The smallest absolute Gasteiger partial charge is 0.325 e. The predicted octanol–water partition coefficient (Wildman–Crippen LogP) is 2.43. The number of nitrogens with one attached hydrogen (secondary N) is 1. The highest BCUT2D eigenvalue weighted by molar-refractivity contribution is 5.90. The van der Waals surface area contributed by atoms with Crippen molar-refractivity contribution in [2.45, 2.75) is 58.2 Å². The van der Waals surface area contributed by atoms with E-state index in [1.54, 1.807) is 19.1 Å². The zero-order valence-electron chi connectivity index (χ0n) is 20.4. The van der Waals surface area contributed by atoms with Gasteiger partial charge in [0.05, 0.1) is 12.9 Å². The number of hydrogen-bond acceptors (Lipinski definition) is 8. The van der Waals surface area contributed by atoms with Crippen LogP contribution >= 0.6 is 0 Å². The molecule has 11 heteroatoms. The van der Waals surface area contributed by atoms with Gasteiger partial charge in [0.25, 0.3) is 5.91 Å². The van der Waals surface area contributed by atoms with Gasteiger partial charge in [-0.05, 0) is 44.0 Å². The number of tetrazole rings is 1. The molecular formula is C25H30N6O5.